The molecule has 1 unspecified atom stereocenters. The molecule has 0 saturated heterocycles. The smallest absolute Gasteiger partial charge is 0.0810 e. The van der Waals surface area contributed by atoms with Gasteiger partial charge in [0, 0.05) is 11.3 Å². The molecule has 0 aliphatic heterocycles. The topological polar surface area (TPSA) is 46.2 Å². The minimum Gasteiger partial charge on any atom is -0.398 e. The van der Waals surface area contributed by atoms with Gasteiger partial charge in [-0.25, -0.2) is 0 Å². The molecule has 0 spiro atoms. The van der Waals surface area contributed by atoms with Crippen molar-refractivity contribution in [2.45, 2.75) is 39.7 Å². The van der Waals surface area contributed by atoms with Gasteiger partial charge < -0.3 is 10.8 Å². The van der Waals surface area contributed by atoms with Crippen molar-refractivity contribution in [1.29, 1.82) is 0 Å². The number of rotatable bonds is 3. The van der Waals surface area contributed by atoms with Gasteiger partial charge in [-0.2, -0.15) is 0 Å². The van der Waals surface area contributed by atoms with E-state index in [1.165, 1.54) is 0 Å². The summed E-state index contributed by atoms with van der Waals surface area (Å²) in [5.74, 6) is 0. The molecule has 1 aromatic carbocycles. The molecule has 2 heteroatoms. The molecule has 84 valence electrons. The summed E-state index contributed by atoms with van der Waals surface area (Å²) in [6, 6.07) is 7.51. The van der Waals surface area contributed by atoms with Crippen molar-refractivity contribution in [3.05, 3.63) is 29.8 Å². The van der Waals surface area contributed by atoms with Crippen molar-refractivity contribution in [2.75, 3.05) is 5.73 Å². The van der Waals surface area contributed by atoms with Crippen LogP contribution in [0.25, 0.3) is 0 Å². The van der Waals surface area contributed by atoms with Gasteiger partial charge in [-0.3, -0.25) is 0 Å². The number of hydrogen-bond donors (Lipinski definition) is 2. The lowest BCUT2D eigenvalue weighted by Crippen LogP contribution is -2.09. The Hall–Kier alpha value is -1.02. The van der Waals surface area contributed by atoms with Crippen LogP contribution in [-0.2, 0) is 0 Å². The summed E-state index contributed by atoms with van der Waals surface area (Å²) >= 11 is 0. The maximum atomic E-state index is 9.98. The van der Waals surface area contributed by atoms with Gasteiger partial charge in [-0.15, -0.1) is 0 Å². The molecular formula is C13H21NO. The largest absolute Gasteiger partial charge is 0.398 e. The lowest BCUT2D eigenvalue weighted by atomic mass is 9.88. The average Bonchev–Trinajstić information content (AvgIpc) is 2.14. The quantitative estimate of drug-likeness (QED) is 0.748. The molecule has 3 N–H and O–H groups in total. The van der Waals surface area contributed by atoms with Gasteiger partial charge in [0.25, 0.3) is 0 Å². The average molecular weight is 207 g/mol. The van der Waals surface area contributed by atoms with Gasteiger partial charge in [0.2, 0.25) is 0 Å². The van der Waals surface area contributed by atoms with Gasteiger partial charge in [-0.1, -0.05) is 39.0 Å². The molecule has 15 heavy (non-hydrogen) atoms. The van der Waals surface area contributed by atoms with Crippen LogP contribution in [0.5, 0.6) is 0 Å². The van der Waals surface area contributed by atoms with E-state index in [0.29, 0.717) is 5.69 Å². The zero-order chi connectivity index (χ0) is 11.5. The van der Waals surface area contributed by atoms with E-state index in [-0.39, 0.29) is 5.41 Å². The Kier molecular flexibility index (Phi) is 3.75. The fourth-order valence-electron chi connectivity index (χ4n) is 1.54. The molecule has 0 fully saturated rings. The van der Waals surface area contributed by atoms with Crippen LogP contribution in [0.3, 0.4) is 0 Å². The second-order valence-corrected chi connectivity index (χ2v) is 5.24. The normalized spacial score (nSPS) is 13.9. The van der Waals surface area contributed by atoms with E-state index in [1.807, 2.05) is 24.3 Å². The minimum absolute atomic E-state index is 0.254. The van der Waals surface area contributed by atoms with Crippen molar-refractivity contribution in [2.24, 2.45) is 5.41 Å². The third kappa shape index (κ3) is 3.92. The highest BCUT2D eigenvalue weighted by molar-refractivity contribution is 5.47. The van der Waals surface area contributed by atoms with Crippen molar-refractivity contribution >= 4 is 5.69 Å². The van der Waals surface area contributed by atoms with Gasteiger partial charge in [0.05, 0.1) is 6.10 Å². The summed E-state index contributed by atoms with van der Waals surface area (Å²) in [5, 5.41) is 9.98. The minimum atomic E-state index is -0.439. The zero-order valence-corrected chi connectivity index (χ0v) is 9.83. The Morgan fingerprint density at radius 2 is 1.87 bits per heavy atom. The third-order valence-corrected chi connectivity index (χ3v) is 2.52. The molecule has 1 atom stereocenters. The fraction of sp³-hybridized carbons (Fsp3) is 0.538. The molecule has 1 rings (SSSR count). The summed E-state index contributed by atoms with van der Waals surface area (Å²) in [6.45, 7) is 6.52. The third-order valence-electron chi connectivity index (χ3n) is 2.52. The molecule has 0 bridgehead atoms. The predicted molar refractivity (Wildman–Crippen MR) is 64.5 cm³/mol. The van der Waals surface area contributed by atoms with E-state index in [2.05, 4.69) is 20.8 Å². The lowest BCUT2D eigenvalue weighted by Gasteiger charge is -2.21. The van der Waals surface area contributed by atoms with Crippen LogP contribution in [-0.4, -0.2) is 5.11 Å². The van der Waals surface area contributed by atoms with Crippen molar-refractivity contribution in [3.63, 3.8) is 0 Å². The van der Waals surface area contributed by atoms with Crippen LogP contribution >= 0.6 is 0 Å². The van der Waals surface area contributed by atoms with Crippen LogP contribution in [0.1, 0.15) is 45.3 Å². The highest BCUT2D eigenvalue weighted by Gasteiger charge is 2.15. The molecule has 0 heterocycles. The summed E-state index contributed by atoms with van der Waals surface area (Å²) in [7, 11) is 0. The lowest BCUT2D eigenvalue weighted by molar-refractivity contribution is 0.148. The molecule has 0 saturated carbocycles. The van der Waals surface area contributed by atoms with E-state index >= 15 is 0 Å². The molecular weight excluding hydrogens is 186 g/mol. The highest BCUT2D eigenvalue weighted by Crippen LogP contribution is 2.29. The Labute approximate surface area is 92.1 Å². The maximum Gasteiger partial charge on any atom is 0.0810 e. The van der Waals surface area contributed by atoms with Crippen LogP contribution < -0.4 is 5.73 Å². The zero-order valence-electron chi connectivity index (χ0n) is 9.83. The summed E-state index contributed by atoms with van der Waals surface area (Å²) in [5.41, 5.74) is 7.58. The number of hydrogen-bond acceptors (Lipinski definition) is 2. The fourth-order valence-corrected chi connectivity index (χ4v) is 1.54. The van der Waals surface area contributed by atoms with Gasteiger partial charge >= 0.3 is 0 Å². The first-order valence-corrected chi connectivity index (χ1v) is 5.42. The van der Waals surface area contributed by atoms with Gasteiger partial charge in [0.1, 0.15) is 0 Å². The Morgan fingerprint density at radius 1 is 1.27 bits per heavy atom. The first kappa shape index (κ1) is 12.1. The van der Waals surface area contributed by atoms with E-state index in [0.717, 1.165) is 18.4 Å². The molecule has 0 aromatic heterocycles. The van der Waals surface area contributed by atoms with Crippen LogP contribution in [0, 0.1) is 5.41 Å². The number of nitrogen functional groups attached to an aromatic ring is 1. The van der Waals surface area contributed by atoms with Gasteiger partial charge in [0.15, 0.2) is 0 Å². The number of benzene rings is 1. The van der Waals surface area contributed by atoms with Crippen molar-refractivity contribution in [3.8, 4) is 0 Å². The van der Waals surface area contributed by atoms with Gasteiger partial charge in [-0.05, 0) is 24.3 Å². The predicted octanol–water partition coefficient (Wildman–Crippen LogP) is 3.13. The summed E-state index contributed by atoms with van der Waals surface area (Å²) in [4.78, 5) is 0. The maximum absolute atomic E-state index is 9.98. The van der Waals surface area contributed by atoms with E-state index < -0.39 is 6.10 Å². The molecule has 1 aromatic rings. The Balaban J connectivity index is 2.62. The second-order valence-electron chi connectivity index (χ2n) is 5.24. The van der Waals surface area contributed by atoms with E-state index in [4.69, 9.17) is 5.73 Å². The first-order valence-electron chi connectivity index (χ1n) is 5.42. The summed E-state index contributed by atoms with van der Waals surface area (Å²) < 4.78 is 0. The van der Waals surface area contributed by atoms with E-state index in [9.17, 15) is 5.11 Å². The number of nitrogens with two attached hydrogens (primary N) is 1. The second kappa shape index (κ2) is 4.67. The Morgan fingerprint density at radius 3 is 2.40 bits per heavy atom. The number of aliphatic hydroxyl groups excluding tert-OH is 1. The molecule has 0 aliphatic carbocycles. The first-order chi connectivity index (χ1) is 6.90. The molecule has 0 aliphatic rings. The summed E-state index contributed by atoms with van der Waals surface area (Å²) in [6.07, 6.45) is 1.31. The molecule has 0 amide bonds. The van der Waals surface area contributed by atoms with Crippen molar-refractivity contribution in [1.82, 2.24) is 0 Å². The number of para-hydroxylation sites is 1. The number of aliphatic hydroxyl groups is 1. The highest BCUT2D eigenvalue weighted by atomic mass is 16.3. The SMILES string of the molecule is CC(C)(C)CCC(O)c1ccccc1N. The Bertz CT molecular complexity index is 315. The number of anilines is 1. The van der Waals surface area contributed by atoms with Crippen LogP contribution in [0.2, 0.25) is 0 Å². The molecule has 0 radical (unpaired) electrons. The standard InChI is InChI=1S/C13H21NO/c1-13(2,3)9-8-12(15)10-6-4-5-7-11(10)14/h4-7,12,15H,8-9,14H2,1-3H3. The van der Waals surface area contributed by atoms with Crippen molar-refractivity contribution < 1.29 is 5.11 Å². The van der Waals surface area contributed by atoms with Crippen LogP contribution in [0.15, 0.2) is 24.3 Å². The monoisotopic (exact) mass is 207 g/mol. The molecule has 2 nitrogen and oxygen atoms in total. The van der Waals surface area contributed by atoms with E-state index in [1.54, 1.807) is 0 Å². The van der Waals surface area contributed by atoms with Crippen LogP contribution in [0.4, 0.5) is 5.69 Å².